The molecule has 0 spiro atoms. The van der Waals surface area contributed by atoms with Crippen LogP contribution >= 0.6 is 0 Å². The van der Waals surface area contributed by atoms with Gasteiger partial charge in [-0.2, -0.15) is 0 Å². The summed E-state index contributed by atoms with van der Waals surface area (Å²) >= 11 is 0. The number of H-pyrrole nitrogens is 1. The Bertz CT molecular complexity index is 2070. The molecule has 2 aliphatic rings. The van der Waals surface area contributed by atoms with E-state index in [1.165, 1.54) is 13.0 Å². The number of hydrogen-bond donors (Lipinski definition) is 3. The first-order valence-electron chi connectivity index (χ1n) is 15.6. The van der Waals surface area contributed by atoms with Crippen LogP contribution in [0.4, 0.5) is 17.3 Å². The van der Waals surface area contributed by atoms with Gasteiger partial charge in [-0.15, -0.1) is 0 Å². The first-order valence-corrected chi connectivity index (χ1v) is 15.6. The third kappa shape index (κ3) is 5.16. The normalized spacial score (nSPS) is 15.7. The van der Waals surface area contributed by atoms with Crippen LogP contribution in [0.25, 0.3) is 33.3 Å². The van der Waals surface area contributed by atoms with E-state index in [0.717, 1.165) is 74.0 Å². The van der Waals surface area contributed by atoms with Gasteiger partial charge in [0.25, 0.3) is 5.56 Å². The quantitative estimate of drug-likeness (QED) is 0.234. The molecule has 0 radical (unpaired) electrons. The Kier molecular flexibility index (Phi) is 7.40. The number of carbonyl (C=O) groups is 1. The largest absolute Gasteiger partial charge is 0.368 e. The molecule has 5 aromatic rings. The van der Waals surface area contributed by atoms with Gasteiger partial charge >= 0.3 is 0 Å². The Morgan fingerprint density at radius 2 is 1.73 bits per heavy atom. The molecule has 45 heavy (non-hydrogen) atoms. The summed E-state index contributed by atoms with van der Waals surface area (Å²) in [6.07, 6.45) is 5.65. The number of aromatic nitrogens is 5. The standard InChI is InChI=1S/C34H36N8O3/c1-19-29(21(3)43)34(45)42(22-6-4-5-7-22)32-20(2)33(39-27-12-8-23(18-36-27)41-16-14-35-15-17-41)40-31(30(19)32)26-10-9-25-24(37-26)11-13-28(44)38-25/h8-13,18,22,35H,4-7,14-17H2,1-3H3,(H,38,44)(H,36,39,40). The summed E-state index contributed by atoms with van der Waals surface area (Å²) in [6.45, 7) is 8.97. The fourth-order valence-corrected chi connectivity index (χ4v) is 6.92. The lowest BCUT2D eigenvalue weighted by Crippen LogP contribution is -2.43. The summed E-state index contributed by atoms with van der Waals surface area (Å²) in [4.78, 5) is 58.9. The Balaban J connectivity index is 1.46. The number of anilines is 3. The van der Waals surface area contributed by atoms with Gasteiger partial charge in [0, 0.05) is 49.2 Å². The predicted octanol–water partition coefficient (Wildman–Crippen LogP) is 4.78. The Morgan fingerprint density at radius 1 is 0.956 bits per heavy atom. The molecule has 230 valence electrons. The average Bonchev–Trinajstić information content (AvgIpc) is 3.57. The van der Waals surface area contributed by atoms with Crippen molar-refractivity contribution in [2.24, 2.45) is 0 Å². The van der Waals surface area contributed by atoms with Gasteiger partial charge in [-0.1, -0.05) is 12.8 Å². The lowest BCUT2D eigenvalue weighted by Gasteiger charge is -2.29. The van der Waals surface area contributed by atoms with E-state index in [-0.39, 0.29) is 28.5 Å². The van der Waals surface area contributed by atoms with E-state index in [4.69, 9.17) is 15.0 Å². The van der Waals surface area contributed by atoms with Gasteiger partial charge in [-0.3, -0.25) is 14.4 Å². The summed E-state index contributed by atoms with van der Waals surface area (Å²) < 4.78 is 1.84. The van der Waals surface area contributed by atoms with Crippen LogP contribution in [0.15, 0.2) is 52.2 Å². The molecule has 11 nitrogen and oxygen atoms in total. The molecule has 1 saturated heterocycles. The molecule has 6 heterocycles. The van der Waals surface area contributed by atoms with Crippen LogP contribution in [-0.2, 0) is 0 Å². The van der Waals surface area contributed by atoms with Crippen LogP contribution in [0.3, 0.4) is 0 Å². The monoisotopic (exact) mass is 604 g/mol. The highest BCUT2D eigenvalue weighted by Crippen LogP contribution is 2.39. The molecule has 0 amide bonds. The van der Waals surface area contributed by atoms with Gasteiger partial charge < -0.3 is 25.1 Å². The molecule has 0 aromatic carbocycles. The maximum atomic E-state index is 14.1. The number of piperazine rings is 1. The number of Topliss-reactive ketones (excluding diaryl/α,β-unsaturated/α-hetero) is 1. The van der Waals surface area contributed by atoms with E-state index in [1.807, 2.05) is 42.8 Å². The number of aromatic amines is 1. The molecular formula is C34H36N8O3. The number of fused-ring (bicyclic) bond motifs is 2. The average molecular weight is 605 g/mol. The number of nitrogens with zero attached hydrogens (tertiary/aromatic N) is 5. The molecule has 1 saturated carbocycles. The maximum absolute atomic E-state index is 14.1. The molecule has 1 aliphatic carbocycles. The van der Waals surface area contributed by atoms with E-state index in [2.05, 4.69) is 26.6 Å². The highest BCUT2D eigenvalue weighted by Gasteiger charge is 2.29. The van der Waals surface area contributed by atoms with Crippen LogP contribution in [0.1, 0.15) is 60.1 Å². The smallest absolute Gasteiger partial charge is 0.262 e. The summed E-state index contributed by atoms with van der Waals surface area (Å²) in [7, 11) is 0. The van der Waals surface area contributed by atoms with Crippen molar-refractivity contribution >= 4 is 45.0 Å². The molecule has 7 rings (SSSR count). The van der Waals surface area contributed by atoms with Crippen molar-refractivity contribution in [1.29, 1.82) is 0 Å². The van der Waals surface area contributed by atoms with E-state index >= 15 is 0 Å². The molecule has 0 bridgehead atoms. The lowest BCUT2D eigenvalue weighted by atomic mass is 9.96. The fourth-order valence-electron chi connectivity index (χ4n) is 6.92. The zero-order valence-corrected chi connectivity index (χ0v) is 25.7. The van der Waals surface area contributed by atoms with Crippen LogP contribution in [0.2, 0.25) is 0 Å². The van der Waals surface area contributed by atoms with Gasteiger partial charge in [0.15, 0.2) is 5.78 Å². The van der Waals surface area contributed by atoms with Gasteiger partial charge in [-0.25, -0.2) is 15.0 Å². The Hall–Kier alpha value is -4.90. The third-order valence-electron chi connectivity index (χ3n) is 9.17. The predicted molar refractivity (Wildman–Crippen MR) is 177 cm³/mol. The number of rotatable bonds is 6. The number of aryl methyl sites for hydroxylation is 2. The summed E-state index contributed by atoms with van der Waals surface area (Å²) in [6, 6.07) is 10.7. The zero-order valence-electron chi connectivity index (χ0n) is 25.7. The van der Waals surface area contributed by atoms with Crippen LogP contribution in [0, 0.1) is 13.8 Å². The second-order valence-corrected chi connectivity index (χ2v) is 12.0. The fraction of sp³-hybridized carbons (Fsp3) is 0.353. The van der Waals surface area contributed by atoms with E-state index in [1.54, 1.807) is 6.07 Å². The molecule has 3 N–H and O–H groups in total. The molecular weight excluding hydrogens is 568 g/mol. The first kappa shape index (κ1) is 28.8. The van der Waals surface area contributed by atoms with E-state index in [9.17, 15) is 14.4 Å². The van der Waals surface area contributed by atoms with Crippen LogP contribution in [0.5, 0.6) is 0 Å². The van der Waals surface area contributed by atoms with E-state index in [0.29, 0.717) is 39.6 Å². The highest BCUT2D eigenvalue weighted by atomic mass is 16.1. The lowest BCUT2D eigenvalue weighted by molar-refractivity contribution is 0.101. The number of ketones is 1. The van der Waals surface area contributed by atoms with Crippen LogP contribution < -0.4 is 26.7 Å². The SMILES string of the molecule is CC(=O)c1c(C)c2c(-c3ccc4[nH]c(=O)ccc4n3)nc(Nc3ccc(N4CCNCC4)cn3)c(C)c2n(C2CCCC2)c1=O. The second-order valence-electron chi connectivity index (χ2n) is 12.0. The number of pyridine rings is 5. The topological polar surface area (TPSA) is 138 Å². The molecule has 0 unspecified atom stereocenters. The van der Waals surface area contributed by atoms with Crippen molar-refractivity contribution in [2.45, 2.75) is 52.5 Å². The van der Waals surface area contributed by atoms with Gasteiger partial charge in [0.2, 0.25) is 5.56 Å². The molecule has 11 heteroatoms. The minimum absolute atomic E-state index is 0.0217. The molecule has 0 atom stereocenters. The summed E-state index contributed by atoms with van der Waals surface area (Å²) in [5, 5.41) is 7.54. The minimum Gasteiger partial charge on any atom is -0.368 e. The summed E-state index contributed by atoms with van der Waals surface area (Å²) in [5.74, 6) is 0.921. The van der Waals surface area contributed by atoms with Crippen molar-refractivity contribution in [3.05, 3.63) is 80.0 Å². The Morgan fingerprint density at radius 3 is 2.44 bits per heavy atom. The van der Waals surface area contributed by atoms with Crippen LogP contribution in [-0.4, -0.2) is 56.5 Å². The molecule has 2 fully saturated rings. The third-order valence-corrected chi connectivity index (χ3v) is 9.17. The number of carbonyl (C=O) groups excluding carboxylic acids is 1. The highest BCUT2D eigenvalue weighted by molar-refractivity contribution is 6.05. The molecule has 5 aromatic heterocycles. The van der Waals surface area contributed by atoms with E-state index < -0.39 is 0 Å². The van der Waals surface area contributed by atoms with Gasteiger partial charge in [0.1, 0.15) is 17.3 Å². The summed E-state index contributed by atoms with van der Waals surface area (Å²) in [5.41, 5.74) is 5.27. The zero-order chi connectivity index (χ0) is 31.2. The number of nitrogens with one attached hydrogen (secondary N) is 3. The minimum atomic E-state index is -0.269. The first-order chi connectivity index (χ1) is 21.8. The maximum Gasteiger partial charge on any atom is 0.262 e. The van der Waals surface area contributed by atoms with Crippen molar-refractivity contribution in [3.8, 4) is 11.4 Å². The molecule has 1 aliphatic heterocycles. The van der Waals surface area contributed by atoms with Crippen molar-refractivity contribution in [1.82, 2.24) is 29.8 Å². The van der Waals surface area contributed by atoms with Crippen molar-refractivity contribution in [3.63, 3.8) is 0 Å². The van der Waals surface area contributed by atoms with Gasteiger partial charge in [0.05, 0.1) is 39.7 Å². The van der Waals surface area contributed by atoms with Gasteiger partial charge in [-0.05, 0) is 69.5 Å². The van der Waals surface area contributed by atoms with Crippen molar-refractivity contribution < 1.29 is 4.79 Å². The van der Waals surface area contributed by atoms with Crippen molar-refractivity contribution in [2.75, 3.05) is 36.4 Å². The number of hydrogen-bond acceptors (Lipinski definition) is 9. The second kappa shape index (κ2) is 11.6. The Labute approximate surface area is 259 Å².